The second-order valence-electron chi connectivity index (χ2n) is 6.54. The highest BCUT2D eigenvalue weighted by Crippen LogP contribution is 2.35. The Balaban J connectivity index is 1.71. The predicted octanol–water partition coefficient (Wildman–Crippen LogP) is 5.13. The van der Waals surface area contributed by atoms with Crippen LogP contribution in [0.15, 0.2) is 58.8 Å². The Kier molecular flexibility index (Phi) is 3.84. The van der Waals surface area contributed by atoms with Gasteiger partial charge in [0.1, 0.15) is 0 Å². The lowest BCUT2D eigenvalue weighted by Gasteiger charge is -2.20. The molecule has 1 aliphatic rings. The van der Waals surface area contributed by atoms with E-state index in [9.17, 15) is 0 Å². The summed E-state index contributed by atoms with van der Waals surface area (Å²) < 4.78 is 1.83. The Morgan fingerprint density at radius 1 is 1.11 bits per heavy atom. The molecule has 1 N–H and O–H groups in total. The van der Waals surface area contributed by atoms with Crippen molar-refractivity contribution in [2.75, 3.05) is 0 Å². The summed E-state index contributed by atoms with van der Waals surface area (Å²) in [6.45, 7) is 4.25. The molecule has 0 fully saturated rings. The number of aryl methyl sites for hydroxylation is 1. The molecule has 4 aromatic rings. The highest BCUT2D eigenvalue weighted by atomic mass is 35.5. The maximum absolute atomic E-state index is 6.16. The van der Waals surface area contributed by atoms with E-state index in [1.807, 2.05) is 35.0 Å². The molecule has 0 saturated heterocycles. The van der Waals surface area contributed by atoms with Gasteiger partial charge in [-0.15, -0.1) is 10.2 Å². The number of halogens is 1. The average molecular weight is 394 g/mol. The normalized spacial score (nSPS) is 16.4. The summed E-state index contributed by atoms with van der Waals surface area (Å²) >= 11 is 7.83. The van der Waals surface area contributed by atoms with Gasteiger partial charge in [0.05, 0.1) is 11.0 Å². The second kappa shape index (κ2) is 6.25. The summed E-state index contributed by atoms with van der Waals surface area (Å²) in [6, 6.07) is 15.9. The van der Waals surface area contributed by atoms with Gasteiger partial charge < -0.3 is 4.98 Å². The van der Waals surface area contributed by atoms with E-state index in [2.05, 4.69) is 47.2 Å². The Morgan fingerprint density at radius 2 is 1.96 bits per heavy atom. The summed E-state index contributed by atoms with van der Waals surface area (Å²) in [4.78, 5) is 3.47. The molecule has 0 radical (unpaired) electrons. The number of H-pyrrole nitrogens is 1. The largest absolute Gasteiger partial charge is 0.358 e. The van der Waals surface area contributed by atoms with Crippen LogP contribution in [0.4, 0.5) is 0 Å². The second-order valence-corrected chi connectivity index (χ2v) is 8.29. The van der Waals surface area contributed by atoms with Crippen LogP contribution >= 0.6 is 23.4 Å². The van der Waals surface area contributed by atoms with Gasteiger partial charge in [-0.1, -0.05) is 53.7 Å². The summed E-state index contributed by atoms with van der Waals surface area (Å²) in [6.07, 6.45) is 0. The Bertz CT molecular complexity index is 1210. The van der Waals surface area contributed by atoms with Gasteiger partial charge in [-0.25, -0.2) is 0 Å². The quantitative estimate of drug-likeness (QED) is 0.513. The first-order valence-corrected chi connectivity index (χ1v) is 9.92. The standard InChI is InChI=1S/C20H16ClN5S/c1-11-17(15-8-3-4-9-16(15)22-11)18-12(2)27-20-24-23-19(26(20)25-18)13-6-5-7-14(21)10-13/h3-10,12,22H,1-2H3. The number of hydrogen-bond donors (Lipinski definition) is 1. The number of aromatic amines is 1. The first-order chi connectivity index (χ1) is 13.1. The van der Waals surface area contributed by atoms with E-state index in [0.717, 1.165) is 33.2 Å². The number of nitrogens with zero attached hydrogens (tertiary/aromatic N) is 4. The third-order valence-electron chi connectivity index (χ3n) is 4.72. The smallest absolute Gasteiger partial charge is 0.213 e. The first kappa shape index (κ1) is 16.6. The number of hydrogen-bond acceptors (Lipinski definition) is 4. The Hall–Kier alpha value is -2.57. The van der Waals surface area contributed by atoms with Crippen molar-refractivity contribution in [2.45, 2.75) is 24.3 Å². The molecule has 7 heteroatoms. The highest BCUT2D eigenvalue weighted by Gasteiger charge is 2.28. The van der Waals surface area contributed by atoms with Crippen LogP contribution in [-0.2, 0) is 0 Å². The monoisotopic (exact) mass is 393 g/mol. The Morgan fingerprint density at radius 3 is 2.81 bits per heavy atom. The summed E-state index contributed by atoms with van der Waals surface area (Å²) in [5, 5.41) is 16.5. The molecule has 0 spiro atoms. The predicted molar refractivity (Wildman–Crippen MR) is 111 cm³/mol. The number of para-hydroxylation sites is 1. The van der Waals surface area contributed by atoms with Crippen molar-refractivity contribution in [3.8, 4) is 11.4 Å². The van der Waals surface area contributed by atoms with Gasteiger partial charge >= 0.3 is 0 Å². The Labute approximate surface area is 165 Å². The van der Waals surface area contributed by atoms with Crippen LogP contribution in [0.25, 0.3) is 22.3 Å². The number of fused-ring (bicyclic) bond motifs is 2. The zero-order valence-corrected chi connectivity index (χ0v) is 16.3. The fourth-order valence-corrected chi connectivity index (χ4v) is 4.60. The lowest BCUT2D eigenvalue weighted by molar-refractivity contribution is 0.754. The molecular weight excluding hydrogens is 378 g/mol. The first-order valence-electron chi connectivity index (χ1n) is 8.66. The molecule has 0 saturated carbocycles. The van der Waals surface area contributed by atoms with E-state index >= 15 is 0 Å². The minimum Gasteiger partial charge on any atom is -0.358 e. The average Bonchev–Trinajstić information content (AvgIpc) is 3.20. The van der Waals surface area contributed by atoms with Gasteiger partial charge in [-0.2, -0.15) is 9.78 Å². The number of aromatic nitrogens is 4. The molecule has 1 atom stereocenters. The minimum atomic E-state index is 0.173. The van der Waals surface area contributed by atoms with Crippen molar-refractivity contribution >= 4 is 40.0 Å². The van der Waals surface area contributed by atoms with E-state index in [-0.39, 0.29) is 5.25 Å². The molecule has 3 heterocycles. The zero-order chi connectivity index (χ0) is 18.5. The molecular formula is C20H16ClN5S. The fraction of sp³-hybridized carbons (Fsp3) is 0.150. The van der Waals surface area contributed by atoms with Crippen LogP contribution in [0.3, 0.4) is 0 Å². The molecule has 1 unspecified atom stereocenters. The highest BCUT2D eigenvalue weighted by molar-refractivity contribution is 8.00. The van der Waals surface area contributed by atoms with Crippen LogP contribution in [-0.4, -0.2) is 30.8 Å². The molecule has 5 rings (SSSR count). The van der Waals surface area contributed by atoms with Crippen molar-refractivity contribution < 1.29 is 0 Å². The maximum atomic E-state index is 6.16. The molecule has 2 aromatic carbocycles. The lowest BCUT2D eigenvalue weighted by atomic mass is 10.0. The van der Waals surface area contributed by atoms with Gasteiger partial charge in [0.25, 0.3) is 0 Å². The number of nitrogens with one attached hydrogen (secondary N) is 1. The SMILES string of the molecule is Cc1[nH]c2ccccc2c1C1=Nn2c(nnc2-c2cccc(Cl)c2)SC1C. The molecule has 27 heavy (non-hydrogen) atoms. The third-order valence-corrected chi connectivity index (χ3v) is 6.00. The third kappa shape index (κ3) is 2.67. The summed E-state index contributed by atoms with van der Waals surface area (Å²) in [5.74, 6) is 0.696. The van der Waals surface area contributed by atoms with Gasteiger partial charge in [0.15, 0.2) is 5.82 Å². The molecule has 5 nitrogen and oxygen atoms in total. The molecule has 0 aliphatic carbocycles. The van der Waals surface area contributed by atoms with E-state index in [4.69, 9.17) is 16.7 Å². The molecule has 1 aliphatic heterocycles. The van der Waals surface area contributed by atoms with E-state index in [1.165, 1.54) is 5.39 Å². The zero-order valence-electron chi connectivity index (χ0n) is 14.8. The number of thioether (sulfide) groups is 1. The van der Waals surface area contributed by atoms with Crippen LogP contribution < -0.4 is 0 Å². The van der Waals surface area contributed by atoms with E-state index < -0.39 is 0 Å². The van der Waals surface area contributed by atoms with Crippen LogP contribution in [0, 0.1) is 6.92 Å². The molecule has 134 valence electrons. The summed E-state index contributed by atoms with van der Waals surface area (Å²) in [5.41, 5.74) is 5.31. The molecule has 0 amide bonds. The molecule has 0 bridgehead atoms. The number of rotatable bonds is 2. The lowest BCUT2D eigenvalue weighted by Crippen LogP contribution is -2.22. The van der Waals surface area contributed by atoms with Gasteiger partial charge in [0.2, 0.25) is 5.16 Å². The van der Waals surface area contributed by atoms with Crippen molar-refractivity contribution in [3.63, 3.8) is 0 Å². The van der Waals surface area contributed by atoms with Crippen molar-refractivity contribution in [1.29, 1.82) is 0 Å². The maximum Gasteiger partial charge on any atom is 0.213 e. The van der Waals surface area contributed by atoms with Crippen molar-refractivity contribution in [1.82, 2.24) is 19.9 Å². The minimum absolute atomic E-state index is 0.173. The van der Waals surface area contributed by atoms with Crippen LogP contribution in [0.2, 0.25) is 5.02 Å². The van der Waals surface area contributed by atoms with Crippen LogP contribution in [0.5, 0.6) is 0 Å². The van der Waals surface area contributed by atoms with Crippen LogP contribution in [0.1, 0.15) is 18.2 Å². The molecule has 2 aromatic heterocycles. The van der Waals surface area contributed by atoms with Gasteiger partial charge in [-0.3, -0.25) is 0 Å². The van der Waals surface area contributed by atoms with Gasteiger partial charge in [0, 0.05) is 32.7 Å². The number of benzene rings is 2. The van der Waals surface area contributed by atoms with E-state index in [0.29, 0.717) is 10.8 Å². The van der Waals surface area contributed by atoms with Crippen molar-refractivity contribution in [2.24, 2.45) is 5.10 Å². The van der Waals surface area contributed by atoms with E-state index in [1.54, 1.807) is 11.8 Å². The van der Waals surface area contributed by atoms with Gasteiger partial charge in [-0.05, 0) is 32.0 Å². The van der Waals surface area contributed by atoms with Crippen molar-refractivity contribution in [3.05, 3.63) is 64.8 Å². The summed E-state index contributed by atoms with van der Waals surface area (Å²) in [7, 11) is 0. The topological polar surface area (TPSA) is 58.9 Å². The fourth-order valence-electron chi connectivity index (χ4n) is 3.50.